The fourth-order valence-electron chi connectivity index (χ4n) is 4.23. The van der Waals surface area contributed by atoms with Crippen LogP contribution in [0.1, 0.15) is 0 Å². The molecule has 33 heavy (non-hydrogen) atoms. The summed E-state index contributed by atoms with van der Waals surface area (Å²) in [7, 11) is -0.0286. The molecule has 0 aliphatic carbocycles. The predicted octanol–water partition coefficient (Wildman–Crippen LogP) is 4.27. The molecule has 0 aliphatic rings. The van der Waals surface area contributed by atoms with Crippen LogP contribution in [0.25, 0.3) is 50.5 Å². The lowest BCUT2D eigenvalue weighted by molar-refractivity contribution is 0.615. The van der Waals surface area contributed by atoms with Crippen molar-refractivity contribution in [2.24, 2.45) is 0 Å². The van der Waals surface area contributed by atoms with Gasteiger partial charge in [0.15, 0.2) is 11.6 Å². The summed E-state index contributed by atoms with van der Waals surface area (Å²) in [5, 5.41) is 12.0. The molecule has 6 aromatic rings. The van der Waals surface area contributed by atoms with Gasteiger partial charge < -0.3 is 5.02 Å². The molecule has 6 heteroatoms. The average molecular weight is 426 g/mol. The molecule has 2 heterocycles. The quantitative estimate of drug-likeness (QED) is 0.428. The van der Waals surface area contributed by atoms with Crippen LogP contribution in [-0.2, 0) is 0 Å². The second-order valence-electron chi connectivity index (χ2n) is 7.88. The number of hydrogen-bond donors (Lipinski definition) is 1. The fourth-order valence-corrected chi connectivity index (χ4v) is 4.23. The first-order chi connectivity index (χ1) is 16.3. The number of benzene rings is 4. The van der Waals surface area contributed by atoms with Crippen LogP contribution < -0.4 is 5.46 Å². The molecule has 156 valence electrons. The van der Waals surface area contributed by atoms with Gasteiger partial charge in [-0.05, 0) is 12.1 Å². The zero-order valence-corrected chi connectivity index (χ0v) is 17.8. The molecule has 0 bridgehead atoms. The standard InChI is InChI=1S/C27H19BN4O/c33-28-20-15-16-22-21-13-7-8-14-23(21)32(24(22)17-20)27-30-25(18-9-3-1-4-10-18)29-26(31-27)19-11-5-2-6-12-19/h1-17,28,33H. The van der Waals surface area contributed by atoms with Gasteiger partial charge in [0.1, 0.15) is 0 Å². The third-order valence-electron chi connectivity index (χ3n) is 5.81. The Kier molecular flexibility index (Phi) is 4.71. The maximum atomic E-state index is 9.77. The van der Waals surface area contributed by atoms with Crippen LogP contribution in [0.5, 0.6) is 0 Å². The van der Waals surface area contributed by atoms with E-state index in [2.05, 4.69) is 22.8 Å². The molecule has 0 unspecified atom stereocenters. The van der Waals surface area contributed by atoms with Crippen LogP contribution in [-0.4, -0.2) is 32.0 Å². The lowest BCUT2D eigenvalue weighted by Gasteiger charge is -2.11. The van der Waals surface area contributed by atoms with E-state index in [-0.39, 0.29) is 7.48 Å². The third-order valence-corrected chi connectivity index (χ3v) is 5.81. The van der Waals surface area contributed by atoms with E-state index < -0.39 is 0 Å². The molecule has 0 atom stereocenters. The summed E-state index contributed by atoms with van der Waals surface area (Å²) in [6, 6.07) is 34.1. The van der Waals surface area contributed by atoms with Crippen molar-refractivity contribution >= 4 is 34.8 Å². The second-order valence-corrected chi connectivity index (χ2v) is 7.88. The molecule has 5 nitrogen and oxygen atoms in total. The SMILES string of the molecule is OBc1ccc2c3ccccc3n(-c3nc(-c4ccccc4)nc(-c4ccccc4)n3)c2c1. The minimum Gasteiger partial charge on any atom is -0.449 e. The Hall–Kier alpha value is -4.29. The monoisotopic (exact) mass is 426 g/mol. The predicted molar refractivity (Wildman–Crippen MR) is 134 cm³/mol. The summed E-state index contributed by atoms with van der Waals surface area (Å²) in [5.74, 6) is 1.77. The average Bonchev–Trinajstić information content (AvgIpc) is 3.23. The first kappa shape index (κ1) is 19.4. The van der Waals surface area contributed by atoms with Gasteiger partial charge in [0.2, 0.25) is 5.95 Å². The molecule has 0 radical (unpaired) electrons. The van der Waals surface area contributed by atoms with Gasteiger partial charge in [-0.3, -0.25) is 4.57 Å². The Morgan fingerprint density at radius 2 is 1.15 bits per heavy atom. The third kappa shape index (κ3) is 3.37. The fraction of sp³-hybridized carbons (Fsp3) is 0. The van der Waals surface area contributed by atoms with Gasteiger partial charge in [-0.25, -0.2) is 4.98 Å². The van der Waals surface area contributed by atoms with Crippen molar-refractivity contribution in [3.63, 3.8) is 0 Å². The van der Waals surface area contributed by atoms with E-state index in [0.29, 0.717) is 17.6 Å². The second kappa shape index (κ2) is 8.00. The first-order valence-corrected chi connectivity index (χ1v) is 10.8. The molecule has 6 rings (SSSR count). The van der Waals surface area contributed by atoms with E-state index in [1.165, 1.54) is 0 Å². The normalized spacial score (nSPS) is 11.2. The zero-order valence-electron chi connectivity index (χ0n) is 17.8. The number of fused-ring (bicyclic) bond motifs is 3. The van der Waals surface area contributed by atoms with Gasteiger partial charge in [0.05, 0.1) is 11.0 Å². The Balaban J connectivity index is 1.70. The summed E-state index contributed by atoms with van der Waals surface area (Å²) < 4.78 is 2.06. The zero-order chi connectivity index (χ0) is 22.2. The maximum absolute atomic E-state index is 9.77. The van der Waals surface area contributed by atoms with Crippen LogP contribution in [0.3, 0.4) is 0 Å². The molecule has 0 fully saturated rings. The number of nitrogens with zero attached hydrogens (tertiary/aromatic N) is 4. The van der Waals surface area contributed by atoms with Gasteiger partial charge in [-0.2, -0.15) is 9.97 Å². The van der Waals surface area contributed by atoms with E-state index in [1.54, 1.807) is 0 Å². The number of rotatable bonds is 4. The highest BCUT2D eigenvalue weighted by molar-refractivity contribution is 6.46. The molecule has 4 aromatic carbocycles. The summed E-state index contributed by atoms with van der Waals surface area (Å²) in [5.41, 5.74) is 4.65. The molecule has 2 aromatic heterocycles. The minimum atomic E-state index is -0.0286. The van der Waals surface area contributed by atoms with Gasteiger partial charge in [0.25, 0.3) is 0 Å². The first-order valence-electron chi connectivity index (χ1n) is 10.8. The molecule has 0 spiro atoms. The lowest BCUT2D eigenvalue weighted by atomic mass is 9.88. The summed E-state index contributed by atoms with van der Waals surface area (Å²) in [4.78, 5) is 14.6. The van der Waals surface area contributed by atoms with E-state index in [1.807, 2.05) is 84.9 Å². The van der Waals surface area contributed by atoms with Gasteiger partial charge in [0, 0.05) is 21.9 Å². The van der Waals surface area contributed by atoms with E-state index in [4.69, 9.17) is 15.0 Å². The summed E-state index contributed by atoms with van der Waals surface area (Å²) in [6.45, 7) is 0. The van der Waals surface area contributed by atoms with Crippen molar-refractivity contribution in [2.45, 2.75) is 0 Å². The van der Waals surface area contributed by atoms with Crippen LogP contribution in [0.2, 0.25) is 0 Å². The molecule has 0 saturated heterocycles. The van der Waals surface area contributed by atoms with Gasteiger partial charge in [-0.1, -0.05) is 96.5 Å². The van der Waals surface area contributed by atoms with Crippen LogP contribution >= 0.6 is 0 Å². The Bertz CT molecular complexity index is 1540. The highest BCUT2D eigenvalue weighted by Gasteiger charge is 2.17. The highest BCUT2D eigenvalue weighted by Crippen LogP contribution is 2.31. The smallest absolute Gasteiger partial charge is 0.304 e. The summed E-state index contributed by atoms with van der Waals surface area (Å²) in [6.07, 6.45) is 0. The maximum Gasteiger partial charge on any atom is 0.304 e. The minimum absolute atomic E-state index is 0.0286. The number of hydrogen-bond acceptors (Lipinski definition) is 4. The van der Waals surface area contributed by atoms with Crippen molar-refractivity contribution in [2.75, 3.05) is 0 Å². The van der Waals surface area contributed by atoms with Crippen LogP contribution in [0.15, 0.2) is 103 Å². The van der Waals surface area contributed by atoms with E-state index >= 15 is 0 Å². The number of para-hydroxylation sites is 1. The van der Waals surface area contributed by atoms with Crippen LogP contribution in [0, 0.1) is 0 Å². The molecule has 0 saturated carbocycles. The summed E-state index contributed by atoms with van der Waals surface area (Å²) >= 11 is 0. The molecular weight excluding hydrogens is 407 g/mol. The lowest BCUT2D eigenvalue weighted by Crippen LogP contribution is -2.13. The number of aromatic nitrogens is 4. The van der Waals surface area contributed by atoms with Crippen molar-refractivity contribution < 1.29 is 5.02 Å². The van der Waals surface area contributed by atoms with Gasteiger partial charge in [-0.15, -0.1) is 0 Å². The molecule has 0 amide bonds. The Labute approximate surface area is 191 Å². The van der Waals surface area contributed by atoms with Gasteiger partial charge >= 0.3 is 7.48 Å². The molecule has 0 aliphatic heterocycles. The van der Waals surface area contributed by atoms with E-state index in [9.17, 15) is 5.02 Å². The van der Waals surface area contributed by atoms with Crippen molar-refractivity contribution in [3.8, 4) is 28.7 Å². The molecule has 1 N–H and O–H groups in total. The largest absolute Gasteiger partial charge is 0.449 e. The van der Waals surface area contributed by atoms with Crippen molar-refractivity contribution in [1.29, 1.82) is 0 Å². The highest BCUT2D eigenvalue weighted by atomic mass is 16.2. The van der Waals surface area contributed by atoms with E-state index in [0.717, 1.165) is 38.4 Å². The Morgan fingerprint density at radius 1 is 0.576 bits per heavy atom. The van der Waals surface area contributed by atoms with Crippen molar-refractivity contribution in [3.05, 3.63) is 103 Å². The topological polar surface area (TPSA) is 63.8 Å². The van der Waals surface area contributed by atoms with Crippen molar-refractivity contribution in [1.82, 2.24) is 19.5 Å². The Morgan fingerprint density at radius 3 is 1.79 bits per heavy atom. The molecular formula is C27H19BN4O. The van der Waals surface area contributed by atoms with Crippen LogP contribution in [0.4, 0.5) is 0 Å².